The SMILES string of the molecule is CCN(CC)c1ncc(CC(F)(F)F)c(NC(Cc2ccc([N+](=O)[O-])cc2)C(=O)OC(C)(C)C)n1. The van der Waals surface area contributed by atoms with Gasteiger partial charge in [-0.3, -0.25) is 10.1 Å². The number of aromatic nitrogens is 2. The highest BCUT2D eigenvalue weighted by atomic mass is 19.4. The van der Waals surface area contributed by atoms with Crippen LogP contribution >= 0.6 is 0 Å². The molecule has 1 atom stereocenters. The molecule has 0 saturated heterocycles. The number of esters is 1. The fourth-order valence-corrected chi connectivity index (χ4v) is 3.25. The first-order chi connectivity index (χ1) is 16.2. The van der Waals surface area contributed by atoms with Crippen molar-refractivity contribution < 1.29 is 27.6 Å². The summed E-state index contributed by atoms with van der Waals surface area (Å²) in [5.41, 5.74) is -0.637. The highest BCUT2D eigenvalue weighted by molar-refractivity contribution is 5.80. The minimum absolute atomic E-state index is 0.00295. The zero-order valence-electron chi connectivity index (χ0n) is 20.3. The number of hydrogen-bond donors (Lipinski definition) is 1. The maximum atomic E-state index is 13.2. The number of nitro benzene ring substituents is 1. The van der Waals surface area contributed by atoms with Crippen LogP contribution in [0, 0.1) is 10.1 Å². The average Bonchev–Trinajstić information content (AvgIpc) is 2.74. The Morgan fingerprint density at radius 3 is 2.26 bits per heavy atom. The van der Waals surface area contributed by atoms with Gasteiger partial charge in [0.1, 0.15) is 17.5 Å². The highest BCUT2D eigenvalue weighted by Gasteiger charge is 2.32. The summed E-state index contributed by atoms with van der Waals surface area (Å²) in [5, 5.41) is 13.8. The molecule has 0 amide bonds. The predicted molar refractivity (Wildman–Crippen MR) is 125 cm³/mol. The second-order valence-electron chi connectivity index (χ2n) is 8.87. The smallest absolute Gasteiger partial charge is 0.393 e. The number of halogens is 3. The molecule has 12 heteroatoms. The monoisotopic (exact) mass is 497 g/mol. The van der Waals surface area contributed by atoms with E-state index in [9.17, 15) is 28.1 Å². The Morgan fingerprint density at radius 2 is 1.77 bits per heavy atom. The van der Waals surface area contributed by atoms with Crippen molar-refractivity contribution >= 4 is 23.4 Å². The zero-order chi connectivity index (χ0) is 26.4. The average molecular weight is 498 g/mol. The van der Waals surface area contributed by atoms with E-state index in [-0.39, 0.29) is 29.4 Å². The molecule has 0 saturated carbocycles. The number of alkyl halides is 3. The van der Waals surface area contributed by atoms with Crippen molar-refractivity contribution in [2.24, 2.45) is 0 Å². The lowest BCUT2D eigenvalue weighted by atomic mass is 10.0. The molecular weight excluding hydrogens is 467 g/mol. The largest absolute Gasteiger partial charge is 0.458 e. The van der Waals surface area contributed by atoms with Crippen molar-refractivity contribution in [1.82, 2.24) is 9.97 Å². The van der Waals surface area contributed by atoms with Crippen LogP contribution in [0.15, 0.2) is 30.5 Å². The van der Waals surface area contributed by atoms with Crippen LogP contribution < -0.4 is 10.2 Å². The Labute approximate surface area is 201 Å². The minimum Gasteiger partial charge on any atom is -0.458 e. The predicted octanol–water partition coefficient (Wildman–Crippen LogP) is 4.70. The Balaban J connectivity index is 2.47. The van der Waals surface area contributed by atoms with Gasteiger partial charge < -0.3 is 15.0 Å². The second-order valence-corrected chi connectivity index (χ2v) is 8.87. The van der Waals surface area contributed by atoms with Gasteiger partial charge in [0.15, 0.2) is 0 Å². The number of carbonyl (C=O) groups is 1. The van der Waals surface area contributed by atoms with Crippen LogP contribution in [0.1, 0.15) is 45.7 Å². The summed E-state index contributed by atoms with van der Waals surface area (Å²) in [6.45, 7) is 9.81. The molecule has 1 unspecified atom stereocenters. The van der Waals surface area contributed by atoms with Gasteiger partial charge >= 0.3 is 12.1 Å². The number of nitrogens with one attached hydrogen (secondary N) is 1. The van der Waals surface area contributed by atoms with Crippen molar-refractivity contribution in [1.29, 1.82) is 0 Å². The maximum Gasteiger partial charge on any atom is 0.393 e. The molecule has 1 aromatic carbocycles. The van der Waals surface area contributed by atoms with Crippen molar-refractivity contribution in [2.45, 2.75) is 65.3 Å². The lowest BCUT2D eigenvalue weighted by Crippen LogP contribution is -2.39. The zero-order valence-corrected chi connectivity index (χ0v) is 20.3. The standard InChI is InChI=1S/C23H30F3N5O4/c1-6-30(7-2)21-27-14-16(13-23(24,25)26)19(29-21)28-18(20(32)35-22(3,4)5)12-15-8-10-17(11-9-15)31(33)34/h8-11,14,18H,6-7,12-13H2,1-5H3,(H,27,28,29). The summed E-state index contributed by atoms with van der Waals surface area (Å²) in [6, 6.07) is 4.44. The lowest BCUT2D eigenvalue weighted by molar-refractivity contribution is -0.384. The van der Waals surface area contributed by atoms with E-state index < -0.39 is 35.1 Å². The van der Waals surface area contributed by atoms with Crippen molar-refractivity contribution in [3.63, 3.8) is 0 Å². The Bertz CT molecular complexity index is 1020. The van der Waals surface area contributed by atoms with Gasteiger partial charge in [-0.25, -0.2) is 9.78 Å². The third-order valence-corrected chi connectivity index (χ3v) is 4.88. The summed E-state index contributed by atoms with van der Waals surface area (Å²) in [7, 11) is 0. The molecule has 2 rings (SSSR count). The number of benzene rings is 1. The number of nitrogens with zero attached hydrogens (tertiary/aromatic N) is 4. The number of hydrogen-bond acceptors (Lipinski definition) is 8. The Kier molecular flexibility index (Phi) is 9.00. The molecular formula is C23H30F3N5O4. The quantitative estimate of drug-likeness (QED) is 0.286. The van der Waals surface area contributed by atoms with Crippen LogP contribution in [0.5, 0.6) is 0 Å². The fourth-order valence-electron chi connectivity index (χ4n) is 3.25. The number of carbonyl (C=O) groups excluding carboxylic acids is 1. The molecule has 2 aromatic rings. The second kappa shape index (κ2) is 11.3. The summed E-state index contributed by atoms with van der Waals surface area (Å²) >= 11 is 0. The van der Waals surface area contributed by atoms with E-state index in [1.54, 1.807) is 25.7 Å². The van der Waals surface area contributed by atoms with Crippen LogP contribution in [-0.2, 0) is 22.4 Å². The Morgan fingerprint density at radius 1 is 1.17 bits per heavy atom. The van der Waals surface area contributed by atoms with Gasteiger partial charge in [-0.05, 0) is 40.2 Å². The van der Waals surface area contributed by atoms with Crippen LogP contribution in [0.3, 0.4) is 0 Å². The lowest BCUT2D eigenvalue weighted by Gasteiger charge is -2.26. The number of nitro groups is 1. The molecule has 0 radical (unpaired) electrons. The molecule has 35 heavy (non-hydrogen) atoms. The number of ether oxygens (including phenoxy) is 1. The summed E-state index contributed by atoms with van der Waals surface area (Å²) in [4.78, 5) is 33.5. The normalized spacial score (nSPS) is 12.7. The molecule has 192 valence electrons. The molecule has 0 fully saturated rings. The third kappa shape index (κ3) is 8.69. The number of non-ortho nitro benzene ring substituents is 1. The van der Waals surface area contributed by atoms with Crippen molar-refractivity contribution in [2.75, 3.05) is 23.3 Å². The van der Waals surface area contributed by atoms with Gasteiger partial charge in [-0.2, -0.15) is 18.2 Å². The summed E-state index contributed by atoms with van der Waals surface area (Å²) in [5.74, 6) is -0.601. The number of rotatable bonds is 10. The van der Waals surface area contributed by atoms with E-state index in [1.165, 1.54) is 24.3 Å². The first kappa shape index (κ1) is 27.8. The van der Waals surface area contributed by atoms with Crippen LogP contribution in [0.2, 0.25) is 0 Å². The third-order valence-electron chi connectivity index (χ3n) is 4.88. The first-order valence-corrected chi connectivity index (χ1v) is 11.1. The van der Waals surface area contributed by atoms with Crippen LogP contribution in [0.25, 0.3) is 0 Å². The van der Waals surface area contributed by atoms with Gasteiger partial charge in [0, 0.05) is 43.4 Å². The van der Waals surface area contributed by atoms with E-state index in [2.05, 4.69) is 15.3 Å². The van der Waals surface area contributed by atoms with Crippen LogP contribution in [-0.4, -0.2) is 51.8 Å². The van der Waals surface area contributed by atoms with Gasteiger partial charge in [0.2, 0.25) is 5.95 Å². The molecule has 0 bridgehead atoms. The van der Waals surface area contributed by atoms with E-state index in [0.717, 1.165) is 6.20 Å². The molecule has 0 aliphatic heterocycles. The highest BCUT2D eigenvalue weighted by Crippen LogP contribution is 2.27. The minimum atomic E-state index is -4.52. The van der Waals surface area contributed by atoms with Gasteiger partial charge in [0.05, 0.1) is 11.3 Å². The summed E-state index contributed by atoms with van der Waals surface area (Å²) in [6.07, 6.45) is -4.69. The van der Waals surface area contributed by atoms with Crippen molar-refractivity contribution in [3.05, 3.63) is 51.7 Å². The fraction of sp³-hybridized carbons (Fsp3) is 0.522. The molecule has 1 heterocycles. The Hall–Kier alpha value is -3.44. The van der Waals surface area contributed by atoms with Crippen molar-refractivity contribution in [3.8, 4) is 0 Å². The van der Waals surface area contributed by atoms with E-state index in [4.69, 9.17) is 4.74 Å². The maximum absolute atomic E-state index is 13.2. The molecule has 0 aliphatic carbocycles. The number of anilines is 2. The molecule has 0 spiro atoms. The summed E-state index contributed by atoms with van der Waals surface area (Å²) < 4.78 is 45.2. The van der Waals surface area contributed by atoms with Gasteiger partial charge in [-0.1, -0.05) is 12.1 Å². The van der Waals surface area contributed by atoms with E-state index in [1.807, 2.05) is 13.8 Å². The topological polar surface area (TPSA) is 110 Å². The van der Waals surface area contributed by atoms with Gasteiger partial charge in [-0.15, -0.1) is 0 Å². The molecule has 1 N–H and O–H groups in total. The van der Waals surface area contributed by atoms with Crippen LogP contribution in [0.4, 0.5) is 30.6 Å². The molecule has 9 nitrogen and oxygen atoms in total. The van der Waals surface area contributed by atoms with E-state index >= 15 is 0 Å². The molecule has 1 aromatic heterocycles. The van der Waals surface area contributed by atoms with Gasteiger partial charge in [0.25, 0.3) is 5.69 Å². The van der Waals surface area contributed by atoms with E-state index in [0.29, 0.717) is 18.7 Å². The molecule has 0 aliphatic rings. The first-order valence-electron chi connectivity index (χ1n) is 11.1.